The van der Waals surface area contributed by atoms with Crippen molar-refractivity contribution in [2.24, 2.45) is 0 Å². The van der Waals surface area contributed by atoms with Crippen molar-refractivity contribution < 1.29 is 38.3 Å². The third-order valence-electron chi connectivity index (χ3n) is 7.21. The van der Waals surface area contributed by atoms with Crippen molar-refractivity contribution in [2.45, 2.75) is 57.1 Å². The van der Waals surface area contributed by atoms with E-state index in [1.807, 2.05) is 121 Å². The number of carboxylic acids is 1. The van der Waals surface area contributed by atoms with Crippen LogP contribution in [0.1, 0.15) is 22.3 Å². The molecule has 0 spiro atoms. The van der Waals surface area contributed by atoms with Crippen LogP contribution in [0.15, 0.2) is 121 Å². The molecule has 0 amide bonds. The summed E-state index contributed by atoms with van der Waals surface area (Å²) in [6.45, 7) is 0.808. The van der Waals surface area contributed by atoms with Crippen LogP contribution in [-0.4, -0.2) is 55.0 Å². The van der Waals surface area contributed by atoms with Crippen molar-refractivity contribution in [1.82, 2.24) is 0 Å². The highest BCUT2D eigenvalue weighted by Crippen LogP contribution is 2.31. The topological polar surface area (TPSA) is 92.7 Å². The summed E-state index contributed by atoms with van der Waals surface area (Å²) in [5.41, 5.74) is 3.93. The number of aliphatic carboxylic acids is 1. The predicted octanol–water partition coefficient (Wildman–Crippen LogP) is 5.79. The summed E-state index contributed by atoms with van der Waals surface area (Å²) >= 11 is 0. The molecule has 4 aromatic carbocycles. The van der Waals surface area contributed by atoms with Crippen molar-refractivity contribution in [2.75, 3.05) is 13.2 Å². The SMILES string of the molecule is O=C(O)COC1OC(COCc2ccccc2)[C@H](OCc2ccccc2)C(OCc2ccccc2)[C@H]1OCc1ccccc1. The summed E-state index contributed by atoms with van der Waals surface area (Å²) in [6.07, 6.45) is -3.79. The van der Waals surface area contributed by atoms with E-state index in [-0.39, 0.29) is 19.8 Å². The van der Waals surface area contributed by atoms with Crippen molar-refractivity contribution >= 4 is 5.97 Å². The van der Waals surface area contributed by atoms with Gasteiger partial charge in [0.1, 0.15) is 31.0 Å². The van der Waals surface area contributed by atoms with E-state index in [0.717, 1.165) is 22.3 Å². The van der Waals surface area contributed by atoms with Gasteiger partial charge in [-0.1, -0.05) is 121 Å². The summed E-state index contributed by atoms with van der Waals surface area (Å²) in [6, 6.07) is 39.3. The second kappa shape index (κ2) is 16.8. The highest BCUT2D eigenvalue weighted by molar-refractivity contribution is 5.68. The third-order valence-corrected chi connectivity index (χ3v) is 7.21. The van der Waals surface area contributed by atoms with Crippen LogP contribution >= 0.6 is 0 Å². The third kappa shape index (κ3) is 9.56. The lowest BCUT2D eigenvalue weighted by Gasteiger charge is -2.45. The lowest BCUT2D eigenvalue weighted by molar-refractivity contribution is -0.327. The smallest absolute Gasteiger partial charge is 0.329 e. The standard InChI is InChI=1S/C36H38O8/c37-32(38)26-43-36-35(42-24-30-19-11-4-12-20-30)34(41-23-29-17-9-3-10-18-29)33(40-22-28-15-7-2-8-16-28)31(44-36)25-39-21-27-13-5-1-6-14-27/h1-20,31,33-36H,21-26H2,(H,37,38)/t31?,33-,34?,35+,36?/m0/s1. The second-order valence-electron chi connectivity index (χ2n) is 10.5. The molecule has 230 valence electrons. The molecule has 1 fully saturated rings. The Morgan fingerprint density at radius 3 is 1.41 bits per heavy atom. The van der Waals surface area contributed by atoms with Gasteiger partial charge >= 0.3 is 5.97 Å². The Labute approximate surface area is 258 Å². The molecule has 1 N–H and O–H groups in total. The van der Waals surface area contributed by atoms with Gasteiger partial charge in [-0.05, 0) is 22.3 Å². The van der Waals surface area contributed by atoms with Gasteiger partial charge in [-0.3, -0.25) is 0 Å². The van der Waals surface area contributed by atoms with Crippen LogP contribution in [0, 0.1) is 0 Å². The van der Waals surface area contributed by atoms with E-state index in [4.69, 9.17) is 28.4 Å². The van der Waals surface area contributed by atoms with E-state index in [9.17, 15) is 9.90 Å². The molecule has 1 aliphatic heterocycles. The molecule has 8 heteroatoms. The largest absolute Gasteiger partial charge is 0.480 e. The lowest BCUT2D eigenvalue weighted by atomic mass is 9.97. The van der Waals surface area contributed by atoms with E-state index in [0.29, 0.717) is 13.2 Å². The molecule has 1 saturated heterocycles. The molecule has 8 nitrogen and oxygen atoms in total. The van der Waals surface area contributed by atoms with E-state index in [2.05, 4.69) is 0 Å². The summed E-state index contributed by atoms with van der Waals surface area (Å²) < 4.78 is 37.9. The summed E-state index contributed by atoms with van der Waals surface area (Å²) in [4.78, 5) is 11.6. The molecule has 0 radical (unpaired) electrons. The van der Waals surface area contributed by atoms with Crippen molar-refractivity contribution in [3.05, 3.63) is 144 Å². The number of hydrogen-bond acceptors (Lipinski definition) is 7. The minimum atomic E-state index is -1.11. The maximum Gasteiger partial charge on any atom is 0.329 e. The van der Waals surface area contributed by atoms with Crippen molar-refractivity contribution in [3.8, 4) is 0 Å². The Morgan fingerprint density at radius 1 is 0.545 bits per heavy atom. The van der Waals surface area contributed by atoms with Gasteiger partial charge in [-0.15, -0.1) is 0 Å². The Bertz CT molecular complexity index is 1370. The van der Waals surface area contributed by atoms with E-state index in [1.165, 1.54) is 0 Å². The highest BCUT2D eigenvalue weighted by Gasteiger charge is 2.49. The number of ether oxygens (including phenoxy) is 6. The first-order chi connectivity index (χ1) is 21.7. The van der Waals surface area contributed by atoms with Crippen LogP contribution in [-0.2, 0) is 59.6 Å². The van der Waals surface area contributed by atoms with Crippen molar-refractivity contribution in [1.29, 1.82) is 0 Å². The van der Waals surface area contributed by atoms with Gasteiger partial charge in [0.25, 0.3) is 0 Å². The van der Waals surface area contributed by atoms with Gasteiger partial charge in [-0.2, -0.15) is 0 Å². The maximum absolute atomic E-state index is 11.6. The van der Waals surface area contributed by atoms with E-state index >= 15 is 0 Å². The Kier molecular flexibility index (Phi) is 12.1. The van der Waals surface area contributed by atoms with Gasteiger partial charge in [0.05, 0.1) is 33.0 Å². The van der Waals surface area contributed by atoms with Crippen molar-refractivity contribution in [3.63, 3.8) is 0 Å². The monoisotopic (exact) mass is 598 g/mol. The van der Waals surface area contributed by atoms with Crippen LogP contribution in [0.5, 0.6) is 0 Å². The zero-order chi connectivity index (χ0) is 30.4. The molecule has 44 heavy (non-hydrogen) atoms. The average Bonchev–Trinajstić information content (AvgIpc) is 3.07. The fourth-order valence-electron chi connectivity index (χ4n) is 5.03. The highest BCUT2D eigenvalue weighted by atomic mass is 16.7. The second-order valence-corrected chi connectivity index (χ2v) is 10.5. The Morgan fingerprint density at radius 2 is 0.955 bits per heavy atom. The molecule has 5 rings (SSSR count). The zero-order valence-electron chi connectivity index (χ0n) is 24.5. The molecule has 0 aromatic heterocycles. The summed E-state index contributed by atoms with van der Waals surface area (Å²) in [5.74, 6) is -1.11. The van der Waals surface area contributed by atoms with Gasteiger partial charge in [0.2, 0.25) is 0 Å². The van der Waals surface area contributed by atoms with Gasteiger partial charge in [-0.25, -0.2) is 4.79 Å². The number of carboxylic acid groups (broad SMARTS) is 1. The molecule has 1 aliphatic rings. The molecule has 0 bridgehead atoms. The average molecular weight is 599 g/mol. The van der Waals surface area contributed by atoms with Crippen LogP contribution in [0.3, 0.4) is 0 Å². The molecule has 4 aromatic rings. The number of rotatable bonds is 16. The number of hydrogen-bond donors (Lipinski definition) is 1. The fraction of sp³-hybridized carbons (Fsp3) is 0.306. The van der Waals surface area contributed by atoms with Crippen LogP contribution < -0.4 is 0 Å². The number of benzene rings is 4. The van der Waals surface area contributed by atoms with Crippen LogP contribution in [0.2, 0.25) is 0 Å². The molecule has 0 saturated carbocycles. The van der Waals surface area contributed by atoms with E-state index in [1.54, 1.807) is 0 Å². The first-order valence-electron chi connectivity index (χ1n) is 14.7. The lowest BCUT2D eigenvalue weighted by Crippen LogP contribution is -2.62. The predicted molar refractivity (Wildman–Crippen MR) is 163 cm³/mol. The number of carbonyl (C=O) groups is 1. The molecular formula is C36H38O8. The van der Waals surface area contributed by atoms with Gasteiger partial charge < -0.3 is 33.5 Å². The Balaban J connectivity index is 1.42. The first kappa shape index (κ1) is 31.5. The first-order valence-corrected chi connectivity index (χ1v) is 14.7. The fourth-order valence-corrected chi connectivity index (χ4v) is 5.03. The van der Waals surface area contributed by atoms with Crippen LogP contribution in [0.25, 0.3) is 0 Å². The van der Waals surface area contributed by atoms with Gasteiger partial charge in [0.15, 0.2) is 6.29 Å². The van der Waals surface area contributed by atoms with Crippen LogP contribution in [0.4, 0.5) is 0 Å². The maximum atomic E-state index is 11.6. The summed E-state index contributed by atoms with van der Waals surface area (Å²) in [7, 11) is 0. The van der Waals surface area contributed by atoms with Gasteiger partial charge in [0, 0.05) is 0 Å². The molecule has 3 unspecified atom stereocenters. The Hall–Kier alpha value is -3.89. The quantitative estimate of drug-likeness (QED) is 0.173. The molecular weight excluding hydrogens is 560 g/mol. The molecule has 0 aliphatic carbocycles. The minimum absolute atomic E-state index is 0.165. The molecule has 1 heterocycles. The summed E-state index contributed by atoms with van der Waals surface area (Å²) in [5, 5.41) is 9.45. The minimum Gasteiger partial charge on any atom is -0.480 e. The van der Waals surface area contributed by atoms with E-state index < -0.39 is 43.3 Å². The zero-order valence-corrected chi connectivity index (χ0v) is 24.5. The molecule has 5 atom stereocenters. The normalized spacial score (nSPS) is 21.6.